The Labute approximate surface area is 141 Å². The maximum absolute atomic E-state index is 11.8. The molecule has 0 aliphatic carbocycles. The molecule has 0 fully saturated rings. The van der Waals surface area contributed by atoms with E-state index in [1.54, 1.807) is 18.0 Å². The molecular formula is C18H21N3OS. The molecule has 0 saturated carbocycles. The van der Waals surface area contributed by atoms with Crippen molar-refractivity contribution in [2.45, 2.75) is 18.7 Å². The molecule has 0 spiro atoms. The van der Waals surface area contributed by atoms with Crippen molar-refractivity contribution in [3.8, 4) is 0 Å². The molecule has 0 aromatic heterocycles. The van der Waals surface area contributed by atoms with Gasteiger partial charge in [0.15, 0.2) is 0 Å². The average molecular weight is 327 g/mol. The van der Waals surface area contributed by atoms with E-state index in [0.29, 0.717) is 0 Å². The lowest BCUT2D eigenvalue weighted by atomic mass is 10.1. The smallest absolute Gasteiger partial charge is 0.259 e. The molecule has 2 rings (SSSR count). The van der Waals surface area contributed by atoms with Crippen molar-refractivity contribution >= 4 is 29.6 Å². The lowest BCUT2D eigenvalue weighted by Crippen LogP contribution is -2.26. The predicted octanol–water partition coefficient (Wildman–Crippen LogP) is 3.59. The molecule has 0 heterocycles. The number of amides is 1. The minimum absolute atomic E-state index is 0.176. The summed E-state index contributed by atoms with van der Waals surface area (Å²) in [4.78, 5) is 13.0. The number of para-hydroxylation sites is 1. The monoisotopic (exact) mass is 327 g/mol. The molecule has 4 nitrogen and oxygen atoms in total. The van der Waals surface area contributed by atoms with Gasteiger partial charge in [0.1, 0.15) is 0 Å². The summed E-state index contributed by atoms with van der Waals surface area (Å²) in [7, 11) is 0. The number of rotatable bonds is 6. The first-order valence-corrected chi connectivity index (χ1v) is 8.58. The summed E-state index contributed by atoms with van der Waals surface area (Å²) in [6.45, 7) is 4.22. The van der Waals surface area contributed by atoms with Crippen molar-refractivity contribution in [3.05, 3.63) is 59.2 Å². The standard InChI is InChI=1S/C18H21N3OS/c1-13-5-4-6-14(2)18(13)19-12-17(22)21-20-11-15-7-9-16(23-3)10-8-15/h4-11,19H,12H2,1-3H3,(H,21,22)/b20-11-. The zero-order valence-corrected chi connectivity index (χ0v) is 14.4. The molecule has 2 N–H and O–H groups in total. The SMILES string of the molecule is CSc1ccc(/C=N\NC(=O)CNc2c(C)cccc2C)cc1. The predicted molar refractivity (Wildman–Crippen MR) is 98.4 cm³/mol. The number of benzene rings is 2. The molecule has 0 radical (unpaired) electrons. The largest absolute Gasteiger partial charge is 0.376 e. The van der Waals surface area contributed by atoms with Crippen LogP contribution in [-0.2, 0) is 4.79 Å². The van der Waals surface area contributed by atoms with Gasteiger partial charge in [-0.2, -0.15) is 5.10 Å². The molecular weight excluding hydrogens is 306 g/mol. The van der Waals surface area contributed by atoms with Gasteiger partial charge in [0.2, 0.25) is 0 Å². The summed E-state index contributed by atoms with van der Waals surface area (Å²) in [5.41, 5.74) is 6.72. The van der Waals surface area contributed by atoms with Crippen LogP contribution in [0.4, 0.5) is 5.69 Å². The minimum atomic E-state index is -0.176. The molecule has 0 unspecified atom stereocenters. The molecule has 2 aromatic carbocycles. The molecule has 0 saturated heterocycles. The molecule has 0 aliphatic heterocycles. The van der Waals surface area contributed by atoms with Crippen LogP contribution in [0, 0.1) is 13.8 Å². The van der Waals surface area contributed by atoms with Crippen LogP contribution in [0.1, 0.15) is 16.7 Å². The highest BCUT2D eigenvalue weighted by Crippen LogP contribution is 2.18. The van der Waals surface area contributed by atoms with Crippen LogP contribution < -0.4 is 10.7 Å². The van der Waals surface area contributed by atoms with E-state index < -0.39 is 0 Å². The summed E-state index contributed by atoms with van der Waals surface area (Å²) >= 11 is 1.69. The molecule has 5 heteroatoms. The number of nitrogens with zero attached hydrogens (tertiary/aromatic N) is 1. The normalized spacial score (nSPS) is 10.7. The van der Waals surface area contributed by atoms with E-state index in [-0.39, 0.29) is 12.5 Å². The number of aryl methyl sites for hydroxylation is 2. The van der Waals surface area contributed by atoms with Crippen LogP contribution in [0.2, 0.25) is 0 Å². The van der Waals surface area contributed by atoms with E-state index in [0.717, 1.165) is 22.4 Å². The van der Waals surface area contributed by atoms with Crippen LogP contribution >= 0.6 is 11.8 Å². The van der Waals surface area contributed by atoms with Gasteiger partial charge in [0.25, 0.3) is 5.91 Å². The second-order valence-corrected chi connectivity index (χ2v) is 6.07. The van der Waals surface area contributed by atoms with Crippen LogP contribution in [0.3, 0.4) is 0 Å². The molecule has 23 heavy (non-hydrogen) atoms. The van der Waals surface area contributed by atoms with E-state index in [2.05, 4.69) is 15.8 Å². The van der Waals surface area contributed by atoms with E-state index >= 15 is 0 Å². The fraction of sp³-hybridized carbons (Fsp3) is 0.222. The first kappa shape index (κ1) is 17.1. The van der Waals surface area contributed by atoms with Gasteiger partial charge in [-0.15, -0.1) is 11.8 Å². The highest BCUT2D eigenvalue weighted by Gasteiger charge is 2.04. The maximum Gasteiger partial charge on any atom is 0.259 e. The number of anilines is 1. The van der Waals surface area contributed by atoms with E-state index in [9.17, 15) is 4.79 Å². The Kier molecular flexibility index (Phi) is 6.23. The lowest BCUT2D eigenvalue weighted by molar-refractivity contribution is -0.119. The quantitative estimate of drug-likeness (QED) is 0.484. The summed E-state index contributed by atoms with van der Waals surface area (Å²) in [5.74, 6) is -0.176. The number of carbonyl (C=O) groups excluding carboxylic acids is 1. The highest BCUT2D eigenvalue weighted by molar-refractivity contribution is 7.98. The van der Waals surface area contributed by atoms with E-state index in [1.165, 1.54) is 4.90 Å². The van der Waals surface area contributed by atoms with Crippen molar-refractivity contribution in [1.29, 1.82) is 0 Å². The van der Waals surface area contributed by atoms with Crippen LogP contribution in [0.25, 0.3) is 0 Å². The topological polar surface area (TPSA) is 53.5 Å². The van der Waals surface area contributed by atoms with Crippen molar-refractivity contribution in [3.63, 3.8) is 0 Å². The molecule has 120 valence electrons. The Balaban J connectivity index is 1.84. The van der Waals surface area contributed by atoms with E-state index in [1.807, 2.05) is 62.6 Å². The Bertz CT molecular complexity index is 676. The maximum atomic E-state index is 11.8. The fourth-order valence-corrected chi connectivity index (χ4v) is 2.58. The van der Waals surface area contributed by atoms with Gasteiger partial charge in [-0.3, -0.25) is 4.79 Å². The third-order valence-corrected chi connectivity index (χ3v) is 4.17. The summed E-state index contributed by atoms with van der Waals surface area (Å²) in [6, 6.07) is 14.0. The number of hydrogen-bond donors (Lipinski definition) is 2. The third-order valence-electron chi connectivity index (χ3n) is 3.43. The summed E-state index contributed by atoms with van der Waals surface area (Å²) < 4.78 is 0. The number of carbonyl (C=O) groups is 1. The van der Waals surface area contributed by atoms with Crippen molar-refractivity contribution in [2.75, 3.05) is 18.1 Å². The lowest BCUT2D eigenvalue weighted by Gasteiger charge is -2.11. The van der Waals surface area contributed by atoms with Crippen molar-refractivity contribution in [1.82, 2.24) is 5.43 Å². The van der Waals surface area contributed by atoms with Gasteiger partial charge in [-0.1, -0.05) is 30.3 Å². The van der Waals surface area contributed by atoms with Crippen LogP contribution in [0.5, 0.6) is 0 Å². The second kappa shape index (κ2) is 8.39. The van der Waals surface area contributed by atoms with E-state index in [4.69, 9.17) is 0 Å². The zero-order chi connectivity index (χ0) is 16.7. The first-order chi connectivity index (χ1) is 11.1. The van der Waals surface area contributed by atoms with Gasteiger partial charge < -0.3 is 5.32 Å². The van der Waals surface area contributed by atoms with Crippen LogP contribution in [0.15, 0.2) is 52.5 Å². The van der Waals surface area contributed by atoms with Gasteiger partial charge in [-0.05, 0) is 48.9 Å². The van der Waals surface area contributed by atoms with Gasteiger partial charge >= 0.3 is 0 Å². The van der Waals surface area contributed by atoms with Gasteiger partial charge in [0, 0.05) is 10.6 Å². The van der Waals surface area contributed by atoms with Gasteiger partial charge in [-0.25, -0.2) is 5.43 Å². The van der Waals surface area contributed by atoms with Crippen molar-refractivity contribution < 1.29 is 4.79 Å². The number of thioether (sulfide) groups is 1. The number of hydrogen-bond acceptors (Lipinski definition) is 4. The molecule has 0 atom stereocenters. The number of nitrogens with one attached hydrogen (secondary N) is 2. The third kappa shape index (κ3) is 5.14. The molecule has 1 amide bonds. The Morgan fingerprint density at radius 2 is 1.78 bits per heavy atom. The highest BCUT2D eigenvalue weighted by atomic mass is 32.2. The molecule has 0 aliphatic rings. The average Bonchev–Trinajstić information content (AvgIpc) is 2.55. The fourth-order valence-electron chi connectivity index (χ4n) is 2.17. The summed E-state index contributed by atoms with van der Waals surface area (Å²) in [6.07, 6.45) is 3.67. The van der Waals surface area contributed by atoms with Crippen molar-refractivity contribution in [2.24, 2.45) is 5.10 Å². The Hall–Kier alpha value is -2.27. The number of hydrazone groups is 1. The van der Waals surface area contributed by atoms with Crippen LogP contribution in [-0.4, -0.2) is 24.9 Å². The molecule has 2 aromatic rings. The first-order valence-electron chi connectivity index (χ1n) is 7.36. The molecule has 0 bridgehead atoms. The van der Waals surface area contributed by atoms with Gasteiger partial charge in [0.05, 0.1) is 12.8 Å². The Morgan fingerprint density at radius 3 is 2.39 bits per heavy atom. The zero-order valence-electron chi connectivity index (χ0n) is 13.6. The second-order valence-electron chi connectivity index (χ2n) is 5.19. The minimum Gasteiger partial charge on any atom is -0.376 e. The summed E-state index contributed by atoms with van der Waals surface area (Å²) in [5, 5.41) is 7.14. The Morgan fingerprint density at radius 1 is 1.13 bits per heavy atom.